The number of piperazine rings is 1. The van der Waals surface area contributed by atoms with Gasteiger partial charge in [0.1, 0.15) is 11.3 Å². The lowest BCUT2D eigenvalue weighted by molar-refractivity contribution is 0.0694. The molecule has 1 atom stereocenters. The Balaban J connectivity index is 1.29. The van der Waals surface area contributed by atoms with E-state index in [-0.39, 0.29) is 41.3 Å². The van der Waals surface area contributed by atoms with Crippen molar-refractivity contribution >= 4 is 39.8 Å². The fourth-order valence-corrected chi connectivity index (χ4v) is 6.02. The van der Waals surface area contributed by atoms with Crippen LogP contribution in [-0.2, 0) is 6.42 Å². The molecule has 0 bridgehead atoms. The number of fused-ring (bicyclic) bond motifs is 2. The number of anilines is 1. The van der Waals surface area contributed by atoms with Gasteiger partial charge in [0.25, 0.3) is 0 Å². The van der Waals surface area contributed by atoms with Gasteiger partial charge in [-0.2, -0.15) is 0 Å². The van der Waals surface area contributed by atoms with Crippen molar-refractivity contribution in [1.29, 1.82) is 0 Å². The number of rotatable bonds is 6. The molecule has 1 unspecified atom stereocenters. The Morgan fingerprint density at radius 2 is 1.97 bits per heavy atom. The van der Waals surface area contributed by atoms with Gasteiger partial charge in [-0.05, 0) is 43.5 Å². The normalized spacial score (nSPS) is 18.5. The highest BCUT2D eigenvalue weighted by molar-refractivity contribution is 7.80. The second-order valence-corrected chi connectivity index (χ2v) is 10.7. The minimum absolute atomic E-state index is 0.0106. The Kier molecular flexibility index (Phi) is 6.33. The van der Waals surface area contributed by atoms with Crippen molar-refractivity contribution < 1.29 is 28.5 Å². The molecule has 9 nitrogen and oxygen atoms in total. The topological polar surface area (TPSA) is 93.5 Å². The number of carboxylic acids is 1. The fraction of sp³-hybridized carbons (Fsp3) is 0.393. The van der Waals surface area contributed by atoms with Crippen LogP contribution in [0.2, 0.25) is 0 Å². The van der Waals surface area contributed by atoms with Crippen molar-refractivity contribution in [2.45, 2.75) is 38.3 Å². The molecule has 1 saturated carbocycles. The molecular weight excluding hydrogens is 525 g/mol. The van der Waals surface area contributed by atoms with Gasteiger partial charge in [-0.15, -0.1) is 0 Å². The standard InChI is InChI=1S/C28H28FN3O6S/c1-15-12-30(7-8-31(15)23(39)10-16-3-6-21-22(9-16)38-14-37-21)25-20(29)11-18-24(27(25)36-2)32(17-4-5-17)13-19(26(18)33)28(34)35/h3,6,9,11,13,15,17H,4-5,7-8,10,12,14H2,1-2H3,(H,34,35). The number of hydrogen-bond acceptors (Lipinski definition) is 7. The van der Waals surface area contributed by atoms with Crippen molar-refractivity contribution in [1.82, 2.24) is 9.47 Å². The number of methoxy groups -OCH3 is 1. The zero-order valence-corrected chi connectivity index (χ0v) is 22.4. The van der Waals surface area contributed by atoms with Crippen LogP contribution in [0, 0.1) is 5.82 Å². The Bertz CT molecular complexity index is 1570. The van der Waals surface area contributed by atoms with Crippen molar-refractivity contribution in [2.75, 3.05) is 38.4 Å². The number of carbonyl (C=O) groups is 1. The van der Waals surface area contributed by atoms with E-state index in [0.717, 1.165) is 35.2 Å². The number of benzene rings is 2. The van der Waals surface area contributed by atoms with E-state index >= 15 is 4.39 Å². The van der Waals surface area contributed by atoms with E-state index in [9.17, 15) is 14.7 Å². The fourth-order valence-electron chi connectivity index (χ4n) is 5.58. The number of carboxylic acid groups (broad SMARTS) is 1. The Morgan fingerprint density at radius 3 is 2.67 bits per heavy atom. The molecule has 3 aromatic rings. The van der Waals surface area contributed by atoms with Crippen molar-refractivity contribution in [3.8, 4) is 17.2 Å². The van der Waals surface area contributed by atoms with Gasteiger partial charge in [-0.3, -0.25) is 4.79 Å². The molecule has 1 aliphatic carbocycles. The van der Waals surface area contributed by atoms with Crippen LogP contribution in [0.1, 0.15) is 41.7 Å². The summed E-state index contributed by atoms with van der Waals surface area (Å²) < 4.78 is 34.1. The van der Waals surface area contributed by atoms with Crippen LogP contribution >= 0.6 is 12.2 Å². The van der Waals surface area contributed by atoms with E-state index < -0.39 is 17.2 Å². The van der Waals surface area contributed by atoms with Crippen LogP contribution < -0.4 is 24.5 Å². The van der Waals surface area contributed by atoms with Crippen LogP contribution in [0.5, 0.6) is 17.2 Å². The average Bonchev–Trinajstić information content (AvgIpc) is 3.64. The Labute approximate surface area is 229 Å². The summed E-state index contributed by atoms with van der Waals surface area (Å²) in [6.07, 6.45) is 3.64. The van der Waals surface area contributed by atoms with E-state index in [1.165, 1.54) is 13.3 Å². The number of halogens is 1. The first kappa shape index (κ1) is 25.4. The molecule has 3 aliphatic rings. The molecule has 204 valence electrons. The SMILES string of the molecule is COc1c(N2CCN(C(=S)Cc3ccc4c(c3)OCO4)C(C)C2)c(F)cc2c(=O)c(C(=O)O)cn(C3CC3)c12. The molecule has 2 fully saturated rings. The van der Waals surface area contributed by atoms with E-state index in [1.807, 2.05) is 30.0 Å². The van der Waals surface area contributed by atoms with Crippen LogP contribution in [0.15, 0.2) is 35.3 Å². The molecule has 1 aromatic heterocycles. The van der Waals surface area contributed by atoms with Gasteiger partial charge >= 0.3 is 5.97 Å². The predicted octanol–water partition coefficient (Wildman–Crippen LogP) is 3.99. The summed E-state index contributed by atoms with van der Waals surface area (Å²) in [5, 5.41) is 9.58. The highest BCUT2D eigenvalue weighted by atomic mass is 32.1. The van der Waals surface area contributed by atoms with Crippen LogP contribution in [-0.4, -0.2) is 65.1 Å². The molecule has 2 aromatic carbocycles. The highest BCUT2D eigenvalue weighted by Gasteiger charge is 2.33. The van der Waals surface area contributed by atoms with Crippen LogP contribution in [0.3, 0.4) is 0 Å². The number of nitrogens with zero attached hydrogens (tertiary/aromatic N) is 3. The van der Waals surface area contributed by atoms with E-state index in [1.54, 1.807) is 4.57 Å². The summed E-state index contributed by atoms with van der Waals surface area (Å²) in [5.74, 6) is -0.266. The minimum atomic E-state index is -1.33. The number of aromatic carboxylic acids is 1. The number of thiocarbonyl (C=S) groups is 1. The molecule has 1 saturated heterocycles. The van der Waals surface area contributed by atoms with E-state index in [4.69, 9.17) is 26.4 Å². The van der Waals surface area contributed by atoms with Crippen LogP contribution in [0.25, 0.3) is 10.9 Å². The second kappa shape index (κ2) is 9.71. The average molecular weight is 554 g/mol. The molecule has 0 amide bonds. The maximum absolute atomic E-state index is 15.7. The van der Waals surface area contributed by atoms with Crippen molar-refractivity contribution in [3.63, 3.8) is 0 Å². The van der Waals surface area contributed by atoms with E-state index in [2.05, 4.69) is 4.90 Å². The summed E-state index contributed by atoms with van der Waals surface area (Å²) in [6, 6.07) is 6.99. The smallest absolute Gasteiger partial charge is 0.341 e. The Morgan fingerprint density at radius 1 is 1.21 bits per heavy atom. The van der Waals surface area contributed by atoms with Crippen molar-refractivity contribution in [2.24, 2.45) is 0 Å². The van der Waals surface area contributed by atoms with Gasteiger partial charge in [0.05, 0.1) is 23.0 Å². The monoisotopic (exact) mass is 553 g/mol. The lowest BCUT2D eigenvalue weighted by Gasteiger charge is -2.43. The first-order valence-corrected chi connectivity index (χ1v) is 13.3. The summed E-state index contributed by atoms with van der Waals surface area (Å²) in [6.45, 7) is 3.82. The zero-order chi connectivity index (χ0) is 27.4. The van der Waals surface area contributed by atoms with Gasteiger partial charge in [0.15, 0.2) is 23.1 Å². The number of ether oxygens (including phenoxy) is 3. The third-order valence-corrected chi connectivity index (χ3v) is 8.01. The lowest BCUT2D eigenvalue weighted by atomic mass is 10.1. The van der Waals surface area contributed by atoms with Crippen molar-refractivity contribution in [3.05, 3.63) is 57.6 Å². The molecule has 39 heavy (non-hydrogen) atoms. The first-order chi connectivity index (χ1) is 18.8. The minimum Gasteiger partial charge on any atom is -0.492 e. The lowest BCUT2D eigenvalue weighted by Crippen LogP contribution is -2.54. The zero-order valence-electron chi connectivity index (χ0n) is 21.6. The van der Waals surface area contributed by atoms with Crippen LogP contribution in [0.4, 0.5) is 10.1 Å². The van der Waals surface area contributed by atoms with Gasteiger partial charge in [-0.1, -0.05) is 18.3 Å². The molecule has 1 N–H and O–H groups in total. The largest absolute Gasteiger partial charge is 0.492 e. The second-order valence-electron chi connectivity index (χ2n) is 10.2. The van der Waals surface area contributed by atoms with Gasteiger partial charge in [0.2, 0.25) is 12.2 Å². The maximum Gasteiger partial charge on any atom is 0.341 e. The molecule has 0 radical (unpaired) electrons. The third kappa shape index (κ3) is 4.44. The quantitative estimate of drug-likeness (QED) is 0.455. The highest BCUT2D eigenvalue weighted by Crippen LogP contribution is 2.44. The third-order valence-electron chi connectivity index (χ3n) is 7.63. The molecular formula is C28H28FN3O6S. The number of pyridine rings is 1. The summed E-state index contributed by atoms with van der Waals surface area (Å²) >= 11 is 5.80. The maximum atomic E-state index is 15.7. The Hall–Kier alpha value is -3.86. The predicted molar refractivity (Wildman–Crippen MR) is 147 cm³/mol. The summed E-state index contributed by atoms with van der Waals surface area (Å²) in [5.41, 5.74) is 0.641. The molecule has 3 heterocycles. The molecule has 2 aliphatic heterocycles. The molecule has 11 heteroatoms. The van der Waals surface area contributed by atoms with Gasteiger partial charge in [-0.25, -0.2) is 9.18 Å². The number of aromatic nitrogens is 1. The molecule has 0 spiro atoms. The summed E-state index contributed by atoms with van der Waals surface area (Å²) in [7, 11) is 1.45. The first-order valence-electron chi connectivity index (χ1n) is 12.9. The van der Waals surface area contributed by atoms with Gasteiger partial charge < -0.3 is 33.7 Å². The summed E-state index contributed by atoms with van der Waals surface area (Å²) in [4.78, 5) is 29.6. The number of hydrogen-bond donors (Lipinski definition) is 1. The van der Waals surface area contributed by atoms with Gasteiger partial charge in [0, 0.05) is 44.3 Å². The van der Waals surface area contributed by atoms with E-state index in [0.29, 0.717) is 37.3 Å². The molecule has 6 rings (SSSR count).